The Bertz CT molecular complexity index is 343. The summed E-state index contributed by atoms with van der Waals surface area (Å²) < 4.78 is 54.2. The summed E-state index contributed by atoms with van der Waals surface area (Å²) in [7, 11) is 0. The van der Waals surface area contributed by atoms with Crippen LogP contribution in [-0.4, -0.2) is 132 Å². The topological polar surface area (TPSA) is 92.3 Å². The lowest BCUT2D eigenvalue weighted by Crippen LogP contribution is -2.15. The van der Waals surface area contributed by atoms with Crippen LogP contribution in [0.25, 0.3) is 0 Å². The first-order valence-corrected chi connectivity index (χ1v) is 13.7. The predicted molar refractivity (Wildman–Crippen MR) is 138 cm³/mol. The van der Waals surface area contributed by atoms with E-state index in [1.165, 1.54) is 19.3 Å². The van der Waals surface area contributed by atoms with Crippen LogP contribution in [0.4, 0.5) is 0 Å². The summed E-state index contributed by atoms with van der Waals surface area (Å²) in [5.74, 6) is 0. The SMILES string of the molecule is CCCCCCOCCOCCOCCOCCOCCOCCOCCOCCOCCOCC. The molecule has 0 unspecified atom stereocenters. The largest absolute Gasteiger partial charge is 0.379 e. The quantitative estimate of drug-likeness (QED) is 0.119. The van der Waals surface area contributed by atoms with Crippen molar-refractivity contribution in [1.82, 2.24) is 0 Å². The highest BCUT2D eigenvalue weighted by Gasteiger charge is 1.96. The highest BCUT2D eigenvalue weighted by molar-refractivity contribution is 4.40. The second-order valence-electron chi connectivity index (χ2n) is 7.77. The maximum atomic E-state index is 5.52. The smallest absolute Gasteiger partial charge is 0.0701 e. The Morgan fingerprint density at radius 3 is 0.750 bits per heavy atom. The molecule has 0 fully saturated rings. The zero-order valence-corrected chi connectivity index (χ0v) is 23.1. The fourth-order valence-corrected chi connectivity index (χ4v) is 2.75. The average Bonchev–Trinajstić information content (AvgIpc) is 2.89. The van der Waals surface area contributed by atoms with E-state index in [2.05, 4.69) is 6.92 Å². The van der Waals surface area contributed by atoms with Gasteiger partial charge in [0.1, 0.15) is 0 Å². The number of rotatable bonds is 33. The highest BCUT2D eigenvalue weighted by atomic mass is 16.6. The van der Waals surface area contributed by atoms with Gasteiger partial charge in [-0.05, 0) is 13.3 Å². The van der Waals surface area contributed by atoms with Gasteiger partial charge in [0.2, 0.25) is 0 Å². The second-order valence-corrected chi connectivity index (χ2v) is 7.77. The molecule has 0 N–H and O–H groups in total. The van der Waals surface area contributed by atoms with Crippen LogP contribution < -0.4 is 0 Å². The molecule has 0 saturated heterocycles. The first kappa shape index (κ1) is 35.6. The van der Waals surface area contributed by atoms with Crippen LogP contribution in [0.5, 0.6) is 0 Å². The Kier molecular flexibility index (Phi) is 34.2. The van der Waals surface area contributed by atoms with Crippen molar-refractivity contribution in [2.75, 3.05) is 132 Å². The van der Waals surface area contributed by atoms with Crippen molar-refractivity contribution in [3.8, 4) is 0 Å². The molecule has 0 saturated carbocycles. The van der Waals surface area contributed by atoms with Gasteiger partial charge in [0.05, 0.1) is 119 Å². The highest BCUT2D eigenvalue weighted by Crippen LogP contribution is 1.98. The third-order valence-electron chi connectivity index (χ3n) is 4.69. The lowest BCUT2D eigenvalue weighted by Gasteiger charge is -2.09. The summed E-state index contributed by atoms with van der Waals surface area (Å²) >= 11 is 0. The van der Waals surface area contributed by atoms with Gasteiger partial charge in [0.25, 0.3) is 0 Å². The summed E-state index contributed by atoms with van der Waals surface area (Å²) in [6.45, 7) is 15.9. The zero-order chi connectivity index (χ0) is 26.0. The standard InChI is InChI=1S/C26H54O10/c1-3-5-6-7-8-28-11-12-30-15-16-32-19-20-34-23-24-36-26-25-35-22-21-33-18-17-31-14-13-29-10-9-27-4-2/h3-26H2,1-2H3. The van der Waals surface area contributed by atoms with Gasteiger partial charge < -0.3 is 47.4 Å². The molecule has 0 aromatic carbocycles. The van der Waals surface area contributed by atoms with Gasteiger partial charge >= 0.3 is 0 Å². The third kappa shape index (κ3) is 33.6. The monoisotopic (exact) mass is 526 g/mol. The molecule has 0 atom stereocenters. The second kappa shape index (κ2) is 34.6. The number of unbranched alkanes of at least 4 members (excludes halogenated alkanes) is 3. The number of hydrogen-bond acceptors (Lipinski definition) is 10. The van der Waals surface area contributed by atoms with E-state index in [9.17, 15) is 0 Å². The van der Waals surface area contributed by atoms with E-state index in [-0.39, 0.29) is 0 Å². The van der Waals surface area contributed by atoms with E-state index in [1.807, 2.05) is 6.92 Å². The van der Waals surface area contributed by atoms with Gasteiger partial charge in [-0.3, -0.25) is 0 Å². The molecule has 0 amide bonds. The summed E-state index contributed by atoms with van der Waals surface area (Å²) in [5.41, 5.74) is 0. The van der Waals surface area contributed by atoms with Crippen LogP contribution in [0, 0.1) is 0 Å². The van der Waals surface area contributed by atoms with Gasteiger partial charge in [-0.15, -0.1) is 0 Å². The normalized spacial score (nSPS) is 11.5. The molecule has 0 radical (unpaired) electrons. The van der Waals surface area contributed by atoms with Gasteiger partial charge in [-0.25, -0.2) is 0 Å². The molecule has 0 aliphatic rings. The molecule has 36 heavy (non-hydrogen) atoms. The van der Waals surface area contributed by atoms with Crippen LogP contribution in [-0.2, 0) is 47.4 Å². The Morgan fingerprint density at radius 1 is 0.250 bits per heavy atom. The minimum atomic E-state index is 0.534. The molecule has 0 aliphatic heterocycles. The average molecular weight is 527 g/mol. The lowest BCUT2D eigenvalue weighted by atomic mass is 10.2. The van der Waals surface area contributed by atoms with Gasteiger partial charge in [0, 0.05) is 13.2 Å². The summed E-state index contributed by atoms with van der Waals surface area (Å²) in [6, 6.07) is 0. The van der Waals surface area contributed by atoms with Crippen LogP contribution in [0.15, 0.2) is 0 Å². The predicted octanol–water partition coefficient (Wildman–Crippen LogP) is 2.75. The fraction of sp³-hybridized carbons (Fsp3) is 1.00. The molecule has 0 aromatic rings. The lowest BCUT2D eigenvalue weighted by molar-refractivity contribution is -0.0263. The van der Waals surface area contributed by atoms with Crippen molar-refractivity contribution < 1.29 is 47.4 Å². The number of ether oxygens (including phenoxy) is 10. The molecule has 218 valence electrons. The maximum absolute atomic E-state index is 5.52. The van der Waals surface area contributed by atoms with Gasteiger partial charge in [-0.1, -0.05) is 26.2 Å². The molecule has 0 spiro atoms. The zero-order valence-electron chi connectivity index (χ0n) is 23.1. The molecule has 0 heterocycles. The van der Waals surface area contributed by atoms with E-state index >= 15 is 0 Å². The summed E-state index contributed by atoms with van der Waals surface area (Å²) in [4.78, 5) is 0. The van der Waals surface area contributed by atoms with Crippen LogP contribution in [0.1, 0.15) is 39.5 Å². The van der Waals surface area contributed by atoms with Gasteiger partial charge in [0.15, 0.2) is 0 Å². The van der Waals surface area contributed by atoms with E-state index in [0.29, 0.717) is 126 Å². The van der Waals surface area contributed by atoms with Crippen molar-refractivity contribution in [2.24, 2.45) is 0 Å². The van der Waals surface area contributed by atoms with Crippen molar-refractivity contribution in [3.63, 3.8) is 0 Å². The Morgan fingerprint density at radius 2 is 0.500 bits per heavy atom. The van der Waals surface area contributed by atoms with Crippen molar-refractivity contribution in [3.05, 3.63) is 0 Å². The fourth-order valence-electron chi connectivity index (χ4n) is 2.75. The van der Waals surface area contributed by atoms with Crippen molar-refractivity contribution >= 4 is 0 Å². The van der Waals surface area contributed by atoms with E-state index < -0.39 is 0 Å². The van der Waals surface area contributed by atoms with Crippen LogP contribution in [0.3, 0.4) is 0 Å². The van der Waals surface area contributed by atoms with Crippen molar-refractivity contribution in [2.45, 2.75) is 39.5 Å². The first-order chi connectivity index (χ1) is 17.9. The Hall–Kier alpha value is -0.400. The Labute approximate surface area is 219 Å². The molecule has 0 rings (SSSR count). The Balaban J connectivity index is 3.00. The minimum absolute atomic E-state index is 0.534. The summed E-state index contributed by atoms with van der Waals surface area (Å²) in [6.07, 6.45) is 4.91. The number of hydrogen-bond donors (Lipinski definition) is 0. The molecular weight excluding hydrogens is 472 g/mol. The van der Waals surface area contributed by atoms with E-state index in [1.54, 1.807) is 0 Å². The van der Waals surface area contributed by atoms with Crippen LogP contribution in [0.2, 0.25) is 0 Å². The molecule has 10 nitrogen and oxygen atoms in total. The summed E-state index contributed by atoms with van der Waals surface area (Å²) in [5, 5.41) is 0. The molecule has 10 heteroatoms. The van der Waals surface area contributed by atoms with Crippen LogP contribution >= 0.6 is 0 Å². The molecule has 0 bridgehead atoms. The maximum Gasteiger partial charge on any atom is 0.0701 e. The molecular formula is C26H54O10. The third-order valence-corrected chi connectivity index (χ3v) is 4.69. The molecule has 0 aromatic heterocycles. The van der Waals surface area contributed by atoms with Gasteiger partial charge in [-0.2, -0.15) is 0 Å². The minimum Gasteiger partial charge on any atom is -0.379 e. The molecule has 0 aliphatic carbocycles. The van der Waals surface area contributed by atoms with E-state index in [4.69, 9.17) is 47.4 Å². The first-order valence-electron chi connectivity index (χ1n) is 13.7. The van der Waals surface area contributed by atoms with E-state index in [0.717, 1.165) is 13.0 Å². The van der Waals surface area contributed by atoms with Crippen molar-refractivity contribution in [1.29, 1.82) is 0 Å².